The number of amides is 1. The summed E-state index contributed by atoms with van der Waals surface area (Å²) in [4.78, 5) is 25.7. The minimum atomic E-state index is -0.821. The van der Waals surface area contributed by atoms with Gasteiger partial charge in [0, 0.05) is 27.4 Å². The first-order valence-corrected chi connectivity index (χ1v) is 7.89. The van der Waals surface area contributed by atoms with E-state index in [1.807, 2.05) is 0 Å². The normalized spacial score (nSPS) is 32.7. The molecule has 0 radical (unpaired) electrons. The largest absolute Gasteiger partial charge is 0.342 e. The van der Waals surface area contributed by atoms with Gasteiger partial charge in [-0.05, 0) is 30.7 Å². The first-order chi connectivity index (χ1) is 10.5. The summed E-state index contributed by atoms with van der Waals surface area (Å²) in [6.45, 7) is 0.295. The number of allylic oxidation sites excluding steroid dienone is 1. The Bertz CT molecular complexity index is 697. The molecule has 6 heteroatoms. The highest BCUT2D eigenvalue weighted by molar-refractivity contribution is 6.36. The predicted octanol–water partition coefficient (Wildman–Crippen LogP) is 2.82. The summed E-state index contributed by atoms with van der Waals surface area (Å²) in [5, 5.41) is 1.04. The van der Waals surface area contributed by atoms with Crippen molar-refractivity contribution in [1.29, 1.82) is 0 Å². The molecule has 0 aromatic heterocycles. The molecule has 1 amide bonds. The number of halogens is 2. The van der Waals surface area contributed by atoms with E-state index in [1.54, 1.807) is 29.2 Å². The van der Waals surface area contributed by atoms with Gasteiger partial charge in [-0.1, -0.05) is 29.3 Å². The van der Waals surface area contributed by atoms with Crippen LogP contribution in [0.25, 0.3) is 0 Å². The summed E-state index contributed by atoms with van der Waals surface area (Å²) in [7, 11) is 0. The Morgan fingerprint density at radius 1 is 1.27 bits per heavy atom. The lowest BCUT2D eigenvalue weighted by Gasteiger charge is -2.36. The molecule has 4 nitrogen and oxygen atoms in total. The molecule has 2 fully saturated rings. The van der Waals surface area contributed by atoms with Crippen LogP contribution in [0.1, 0.15) is 12.0 Å². The van der Waals surface area contributed by atoms with Gasteiger partial charge in [-0.15, -0.1) is 0 Å². The van der Waals surface area contributed by atoms with Crippen LogP contribution in [0.2, 0.25) is 10.0 Å². The van der Waals surface area contributed by atoms with E-state index in [4.69, 9.17) is 27.9 Å². The molecular formula is C16H13Cl2NO3. The Kier molecular flexibility index (Phi) is 3.12. The zero-order valence-electron chi connectivity index (χ0n) is 11.6. The minimum Gasteiger partial charge on any atom is -0.342 e. The maximum Gasteiger partial charge on any atom is 0.251 e. The Morgan fingerprint density at radius 3 is 2.73 bits per heavy atom. The Labute approximate surface area is 137 Å². The molecule has 0 bridgehead atoms. The van der Waals surface area contributed by atoms with Crippen molar-refractivity contribution in [3.05, 3.63) is 46.0 Å². The lowest BCUT2D eigenvalue weighted by Crippen LogP contribution is -2.48. The predicted molar refractivity (Wildman–Crippen MR) is 81.4 cm³/mol. The lowest BCUT2D eigenvalue weighted by atomic mass is 9.96. The number of ether oxygens (including phenoxy) is 1. The van der Waals surface area contributed by atoms with Crippen LogP contribution in [-0.4, -0.2) is 28.9 Å². The van der Waals surface area contributed by atoms with Crippen molar-refractivity contribution < 1.29 is 14.3 Å². The lowest BCUT2D eigenvalue weighted by molar-refractivity contribution is -0.134. The molecule has 3 aliphatic rings. The molecule has 1 heterocycles. The molecule has 22 heavy (non-hydrogen) atoms. The van der Waals surface area contributed by atoms with Crippen LogP contribution in [-0.2, 0) is 20.9 Å². The van der Waals surface area contributed by atoms with Crippen LogP contribution in [0, 0.1) is 11.8 Å². The Morgan fingerprint density at radius 2 is 2.00 bits per heavy atom. The molecule has 1 aromatic rings. The van der Waals surface area contributed by atoms with E-state index >= 15 is 0 Å². The molecular weight excluding hydrogens is 325 g/mol. The van der Waals surface area contributed by atoms with Crippen molar-refractivity contribution in [3.8, 4) is 0 Å². The van der Waals surface area contributed by atoms with Crippen LogP contribution in [0.5, 0.6) is 0 Å². The molecule has 1 aromatic carbocycles. The Balaban J connectivity index is 1.72. The fourth-order valence-electron chi connectivity index (χ4n) is 3.44. The van der Waals surface area contributed by atoms with Crippen molar-refractivity contribution in [2.45, 2.75) is 18.7 Å². The van der Waals surface area contributed by atoms with Crippen LogP contribution in [0.15, 0.2) is 30.4 Å². The van der Waals surface area contributed by atoms with Crippen molar-refractivity contribution in [2.24, 2.45) is 11.8 Å². The average Bonchev–Trinajstić information content (AvgIpc) is 3.24. The quantitative estimate of drug-likeness (QED) is 0.833. The maximum atomic E-state index is 12.3. The number of ketones is 1. The number of hydrogen-bond donors (Lipinski definition) is 0. The first kappa shape index (κ1) is 14.2. The van der Waals surface area contributed by atoms with Gasteiger partial charge in [0.1, 0.15) is 6.61 Å². The fourth-order valence-corrected chi connectivity index (χ4v) is 3.96. The van der Waals surface area contributed by atoms with Gasteiger partial charge in [0.15, 0.2) is 11.5 Å². The number of benzene rings is 1. The average molecular weight is 338 g/mol. The number of fused-ring (bicyclic) bond motifs is 2. The van der Waals surface area contributed by atoms with Gasteiger partial charge in [-0.3, -0.25) is 9.59 Å². The van der Waals surface area contributed by atoms with Gasteiger partial charge in [0.2, 0.25) is 0 Å². The van der Waals surface area contributed by atoms with Crippen molar-refractivity contribution in [2.75, 3.05) is 6.61 Å². The first-order valence-electron chi connectivity index (χ1n) is 7.13. The Hall–Kier alpha value is -1.36. The third-order valence-corrected chi connectivity index (χ3v) is 5.41. The van der Waals surface area contributed by atoms with Crippen LogP contribution < -0.4 is 0 Å². The van der Waals surface area contributed by atoms with E-state index in [0.717, 1.165) is 6.42 Å². The molecule has 0 N–H and O–H groups in total. The van der Waals surface area contributed by atoms with E-state index < -0.39 is 5.72 Å². The summed E-state index contributed by atoms with van der Waals surface area (Å²) in [5.74, 6) is 0.0211. The standard InChI is InChI=1S/C16H13Cl2NO3/c17-12-2-1-3-13(18)10(12)7-19-15(21)8-22-16(19)5-4-14(20)9-6-11(9)16/h1-5,9,11H,6-8H2. The highest BCUT2D eigenvalue weighted by Gasteiger charge is 2.63. The second-order valence-electron chi connectivity index (χ2n) is 5.91. The SMILES string of the molecule is O=C1C=CC2(OCC(=O)N2Cc2c(Cl)cccc2Cl)C2CC12. The summed E-state index contributed by atoms with van der Waals surface area (Å²) in [5.41, 5.74) is -0.121. The second-order valence-corrected chi connectivity index (χ2v) is 6.72. The van der Waals surface area contributed by atoms with Gasteiger partial charge in [-0.25, -0.2) is 0 Å². The number of nitrogens with zero attached hydrogens (tertiary/aromatic N) is 1. The van der Waals surface area contributed by atoms with Gasteiger partial charge in [0.25, 0.3) is 5.91 Å². The molecule has 1 saturated heterocycles. The van der Waals surface area contributed by atoms with E-state index in [2.05, 4.69) is 0 Å². The maximum absolute atomic E-state index is 12.3. The molecule has 1 saturated carbocycles. The van der Waals surface area contributed by atoms with Gasteiger partial charge in [0.05, 0.1) is 6.54 Å². The molecule has 1 aliphatic heterocycles. The third-order valence-electron chi connectivity index (χ3n) is 4.70. The highest BCUT2D eigenvalue weighted by atomic mass is 35.5. The van der Waals surface area contributed by atoms with Crippen LogP contribution in [0.3, 0.4) is 0 Å². The van der Waals surface area contributed by atoms with E-state index in [-0.39, 0.29) is 36.7 Å². The fraction of sp³-hybridized carbons (Fsp3) is 0.375. The zero-order valence-corrected chi connectivity index (χ0v) is 13.1. The van der Waals surface area contributed by atoms with Crippen LogP contribution >= 0.6 is 23.2 Å². The molecule has 3 unspecified atom stereocenters. The number of carbonyl (C=O) groups is 2. The molecule has 3 atom stereocenters. The third kappa shape index (κ3) is 1.94. The summed E-state index contributed by atoms with van der Waals surface area (Å²) in [6, 6.07) is 5.26. The molecule has 1 spiro atoms. The number of rotatable bonds is 2. The van der Waals surface area contributed by atoms with Crippen molar-refractivity contribution in [3.63, 3.8) is 0 Å². The summed E-state index contributed by atoms with van der Waals surface area (Å²) < 4.78 is 5.81. The topological polar surface area (TPSA) is 46.6 Å². The minimum absolute atomic E-state index is 0.0177. The zero-order chi connectivity index (χ0) is 15.5. The highest BCUT2D eigenvalue weighted by Crippen LogP contribution is 2.55. The van der Waals surface area contributed by atoms with Crippen molar-refractivity contribution >= 4 is 34.9 Å². The van der Waals surface area contributed by atoms with Gasteiger partial charge >= 0.3 is 0 Å². The number of hydrogen-bond acceptors (Lipinski definition) is 3. The summed E-state index contributed by atoms with van der Waals surface area (Å²) >= 11 is 12.4. The summed E-state index contributed by atoms with van der Waals surface area (Å²) in [6.07, 6.45) is 4.01. The van der Waals surface area contributed by atoms with Gasteiger partial charge in [-0.2, -0.15) is 0 Å². The van der Waals surface area contributed by atoms with E-state index in [0.29, 0.717) is 15.6 Å². The second kappa shape index (κ2) is 4.82. The molecule has 2 aliphatic carbocycles. The number of carbonyl (C=O) groups excluding carboxylic acids is 2. The van der Waals surface area contributed by atoms with E-state index in [9.17, 15) is 9.59 Å². The molecule has 4 rings (SSSR count). The van der Waals surface area contributed by atoms with Crippen molar-refractivity contribution in [1.82, 2.24) is 4.90 Å². The van der Waals surface area contributed by atoms with Gasteiger partial charge < -0.3 is 9.64 Å². The molecule has 114 valence electrons. The smallest absolute Gasteiger partial charge is 0.251 e. The van der Waals surface area contributed by atoms with Crippen LogP contribution in [0.4, 0.5) is 0 Å². The monoisotopic (exact) mass is 337 g/mol. The van der Waals surface area contributed by atoms with E-state index in [1.165, 1.54) is 6.08 Å².